The molecule has 2 rings (SSSR count). The van der Waals surface area contributed by atoms with Crippen molar-refractivity contribution < 1.29 is 4.74 Å². The summed E-state index contributed by atoms with van der Waals surface area (Å²) in [4.78, 5) is 9.08. The van der Waals surface area contributed by atoms with Crippen molar-refractivity contribution in [1.29, 1.82) is 0 Å². The van der Waals surface area contributed by atoms with Crippen LogP contribution in [0.15, 0.2) is 36.4 Å². The Morgan fingerprint density at radius 2 is 1.90 bits per heavy atom. The number of nitrogens with one attached hydrogen (secondary N) is 1. The minimum atomic E-state index is 0.156. The van der Waals surface area contributed by atoms with Crippen molar-refractivity contribution in [2.24, 2.45) is 0 Å². The molecule has 0 fully saturated rings. The van der Waals surface area contributed by atoms with E-state index < -0.39 is 0 Å². The number of hydrogen-bond donors (Lipinski definition) is 1. The maximum atomic E-state index is 5.91. The van der Waals surface area contributed by atoms with E-state index in [0.29, 0.717) is 11.7 Å². The Hall–Kier alpha value is -2.10. The first kappa shape index (κ1) is 15.3. The largest absolute Gasteiger partial charge is 0.475 e. The summed E-state index contributed by atoms with van der Waals surface area (Å²) in [5, 5.41) is 3.23. The van der Waals surface area contributed by atoms with Crippen LogP contribution >= 0.6 is 0 Å². The number of rotatable bonds is 7. The van der Waals surface area contributed by atoms with Gasteiger partial charge in [0.2, 0.25) is 5.88 Å². The van der Waals surface area contributed by atoms with Crippen molar-refractivity contribution in [3.8, 4) is 17.3 Å². The summed E-state index contributed by atoms with van der Waals surface area (Å²) in [5.74, 6) is 2.11. The monoisotopic (exact) mass is 285 g/mol. The molecule has 1 aromatic carbocycles. The molecular formula is C17H23N3O. The van der Waals surface area contributed by atoms with Crippen molar-refractivity contribution in [2.45, 2.75) is 39.7 Å². The number of ether oxygens (including phenoxy) is 1. The first-order chi connectivity index (χ1) is 10.2. The Kier molecular flexibility index (Phi) is 5.55. The Balaban J connectivity index is 2.30. The van der Waals surface area contributed by atoms with Gasteiger partial charge in [0.1, 0.15) is 5.82 Å². The molecule has 4 heteroatoms. The van der Waals surface area contributed by atoms with Crippen molar-refractivity contribution >= 4 is 5.82 Å². The molecule has 0 radical (unpaired) electrons. The minimum absolute atomic E-state index is 0.156. The molecular weight excluding hydrogens is 262 g/mol. The summed E-state index contributed by atoms with van der Waals surface area (Å²) in [6.45, 7) is 7.08. The predicted octanol–water partition coefficient (Wildman–Crippen LogP) is 4.14. The van der Waals surface area contributed by atoms with Crippen LogP contribution in [0.1, 0.15) is 33.6 Å². The topological polar surface area (TPSA) is 47.0 Å². The Morgan fingerprint density at radius 3 is 2.57 bits per heavy atom. The molecule has 0 aliphatic rings. The lowest BCUT2D eigenvalue weighted by Gasteiger charge is -2.15. The van der Waals surface area contributed by atoms with Crippen molar-refractivity contribution in [2.75, 3.05) is 11.9 Å². The molecule has 4 nitrogen and oxygen atoms in total. The summed E-state index contributed by atoms with van der Waals surface area (Å²) in [6.07, 6.45) is 2.27. The summed E-state index contributed by atoms with van der Waals surface area (Å²) < 4.78 is 5.91. The highest BCUT2D eigenvalue weighted by atomic mass is 16.5. The van der Waals surface area contributed by atoms with E-state index in [4.69, 9.17) is 4.74 Å². The molecule has 1 atom stereocenters. The average Bonchev–Trinajstić information content (AvgIpc) is 2.48. The van der Waals surface area contributed by atoms with Gasteiger partial charge in [0.15, 0.2) is 5.82 Å². The van der Waals surface area contributed by atoms with Crippen LogP contribution in [0.4, 0.5) is 5.82 Å². The van der Waals surface area contributed by atoms with Gasteiger partial charge < -0.3 is 10.1 Å². The molecule has 21 heavy (non-hydrogen) atoms. The molecule has 1 heterocycles. The van der Waals surface area contributed by atoms with Crippen LogP contribution in [0, 0.1) is 0 Å². The zero-order valence-electron chi connectivity index (χ0n) is 13.0. The molecule has 0 aliphatic carbocycles. The zero-order chi connectivity index (χ0) is 15.1. The van der Waals surface area contributed by atoms with Crippen molar-refractivity contribution in [3.63, 3.8) is 0 Å². The quantitative estimate of drug-likeness (QED) is 0.830. The molecule has 0 saturated carbocycles. The molecule has 2 aromatic rings. The fourth-order valence-electron chi connectivity index (χ4n) is 2.14. The highest BCUT2D eigenvalue weighted by Gasteiger charge is 2.10. The second kappa shape index (κ2) is 7.62. The summed E-state index contributed by atoms with van der Waals surface area (Å²) >= 11 is 0. The van der Waals surface area contributed by atoms with E-state index in [9.17, 15) is 0 Å². The molecule has 0 amide bonds. The zero-order valence-corrected chi connectivity index (χ0v) is 13.0. The minimum Gasteiger partial charge on any atom is -0.475 e. The molecule has 0 aliphatic heterocycles. The second-order valence-corrected chi connectivity index (χ2v) is 5.03. The number of anilines is 1. The molecule has 112 valence electrons. The number of benzene rings is 1. The van der Waals surface area contributed by atoms with Crippen molar-refractivity contribution in [1.82, 2.24) is 9.97 Å². The van der Waals surface area contributed by atoms with Crippen LogP contribution in [0.5, 0.6) is 5.88 Å². The van der Waals surface area contributed by atoms with Gasteiger partial charge in [-0.3, -0.25) is 0 Å². The Bertz CT molecular complexity index is 557. The van der Waals surface area contributed by atoms with E-state index in [1.807, 2.05) is 43.3 Å². The Morgan fingerprint density at radius 1 is 1.14 bits per heavy atom. The molecule has 0 saturated heterocycles. The average molecular weight is 285 g/mol. The summed E-state index contributed by atoms with van der Waals surface area (Å²) in [7, 11) is 0. The van der Waals surface area contributed by atoms with Gasteiger partial charge in [-0.2, -0.15) is 4.98 Å². The fraction of sp³-hybridized carbons (Fsp3) is 0.412. The van der Waals surface area contributed by atoms with Crippen LogP contribution in [0.25, 0.3) is 11.4 Å². The van der Waals surface area contributed by atoms with Gasteiger partial charge in [-0.05, 0) is 20.3 Å². The molecule has 1 aromatic heterocycles. The smallest absolute Gasteiger partial charge is 0.219 e. The van der Waals surface area contributed by atoms with Gasteiger partial charge in [-0.25, -0.2) is 4.98 Å². The molecule has 1 unspecified atom stereocenters. The Labute approximate surface area is 126 Å². The van der Waals surface area contributed by atoms with E-state index in [2.05, 4.69) is 29.1 Å². The van der Waals surface area contributed by atoms with E-state index >= 15 is 0 Å². The van der Waals surface area contributed by atoms with Gasteiger partial charge >= 0.3 is 0 Å². The van der Waals surface area contributed by atoms with Gasteiger partial charge in [-0.1, -0.05) is 43.7 Å². The van der Waals surface area contributed by atoms with Crippen LogP contribution < -0.4 is 10.1 Å². The van der Waals surface area contributed by atoms with Gasteiger partial charge in [-0.15, -0.1) is 0 Å². The first-order valence-corrected chi connectivity index (χ1v) is 7.58. The molecule has 0 spiro atoms. The number of hydrogen-bond acceptors (Lipinski definition) is 4. The fourth-order valence-corrected chi connectivity index (χ4v) is 2.14. The van der Waals surface area contributed by atoms with E-state index in [0.717, 1.165) is 30.8 Å². The number of nitrogens with zero attached hydrogens (tertiary/aromatic N) is 2. The van der Waals surface area contributed by atoms with E-state index in [1.54, 1.807) is 0 Å². The third-order valence-electron chi connectivity index (χ3n) is 3.11. The number of aromatic nitrogens is 2. The van der Waals surface area contributed by atoms with E-state index in [-0.39, 0.29) is 6.10 Å². The van der Waals surface area contributed by atoms with E-state index in [1.165, 1.54) is 0 Å². The van der Waals surface area contributed by atoms with Crippen LogP contribution in [0.3, 0.4) is 0 Å². The molecule has 1 N–H and O–H groups in total. The van der Waals surface area contributed by atoms with Crippen LogP contribution in [-0.2, 0) is 0 Å². The highest BCUT2D eigenvalue weighted by molar-refractivity contribution is 5.58. The highest BCUT2D eigenvalue weighted by Crippen LogP contribution is 2.22. The van der Waals surface area contributed by atoms with Crippen LogP contribution in [0.2, 0.25) is 0 Å². The lowest BCUT2D eigenvalue weighted by molar-refractivity contribution is 0.201. The van der Waals surface area contributed by atoms with Gasteiger partial charge in [0.05, 0.1) is 6.10 Å². The lowest BCUT2D eigenvalue weighted by atomic mass is 10.2. The van der Waals surface area contributed by atoms with Crippen LogP contribution in [-0.4, -0.2) is 22.6 Å². The predicted molar refractivity (Wildman–Crippen MR) is 86.6 cm³/mol. The van der Waals surface area contributed by atoms with Gasteiger partial charge in [0.25, 0.3) is 0 Å². The summed E-state index contributed by atoms with van der Waals surface area (Å²) in [6, 6.07) is 11.8. The van der Waals surface area contributed by atoms with Gasteiger partial charge in [0, 0.05) is 18.2 Å². The normalized spacial score (nSPS) is 12.0. The second-order valence-electron chi connectivity index (χ2n) is 5.03. The van der Waals surface area contributed by atoms with Crippen molar-refractivity contribution in [3.05, 3.63) is 36.4 Å². The standard InChI is InChI=1S/C17H23N3O/c1-4-9-13(3)21-16-12-15(18-5-2)19-17(20-16)14-10-7-6-8-11-14/h6-8,10-13H,4-5,9H2,1-3H3,(H,18,19,20). The maximum Gasteiger partial charge on any atom is 0.219 e. The lowest BCUT2D eigenvalue weighted by Crippen LogP contribution is -2.13. The first-order valence-electron chi connectivity index (χ1n) is 7.58. The SMILES string of the molecule is CCCC(C)Oc1cc(NCC)nc(-c2ccccc2)n1. The molecule has 0 bridgehead atoms. The third-order valence-corrected chi connectivity index (χ3v) is 3.11. The third kappa shape index (κ3) is 4.45. The maximum absolute atomic E-state index is 5.91. The summed E-state index contributed by atoms with van der Waals surface area (Å²) in [5.41, 5.74) is 0.991.